The van der Waals surface area contributed by atoms with Gasteiger partial charge in [0, 0.05) is 13.1 Å². The van der Waals surface area contributed by atoms with Crippen molar-refractivity contribution < 1.29 is 28.7 Å². The van der Waals surface area contributed by atoms with Gasteiger partial charge in [-0.25, -0.2) is 19.6 Å². The number of imidazole rings is 2. The van der Waals surface area contributed by atoms with Crippen LogP contribution in [0.25, 0.3) is 44.8 Å². The highest BCUT2D eigenvalue weighted by Gasteiger charge is 2.38. The number of aromatic amines is 2. The molecule has 4 aliphatic carbocycles. The van der Waals surface area contributed by atoms with E-state index < -0.39 is 24.3 Å². The standard InChI is InChI=1S/C60H68N8O6S2/c1-5-31-73-59(71)65-49(27-33-75-3)57(69)67-29-7-9-53(67)55-61-37-51(63-55)45-23-19-43(20-24-45)47-35-39-11-15-41(47)17-13-40-12-16-42(18-14-39)48(36-40)44-21-25-46(26-22-44)52-38-62-56(64-52)54-10-8-30-68(54)58(70)50(28-34-76-4)66-60(72)74-32-6-2/h5-6,11-12,15-16,19-26,35-38,49-50,53-54H,1-2,7-10,13-14,17-18,27-34H2,3-4H3,(H,61,63)(H,62,64)(H,65,71)(H,66,72)/t49-,50-,53-,54-/m0/s1. The lowest BCUT2D eigenvalue weighted by molar-refractivity contribution is -0.135. The maximum absolute atomic E-state index is 13.9. The largest absolute Gasteiger partial charge is 0.445 e. The molecule has 6 aromatic rings. The van der Waals surface area contributed by atoms with Crippen molar-refractivity contribution in [1.82, 2.24) is 40.4 Å². The summed E-state index contributed by atoms with van der Waals surface area (Å²) in [6, 6.07) is 29.5. The topological polar surface area (TPSA) is 175 Å². The summed E-state index contributed by atoms with van der Waals surface area (Å²) < 4.78 is 10.3. The van der Waals surface area contributed by atoms with E-state index in [0.29, 0.717) is 25.9 Å². The van der Waals surface area contributed by atoms with Crippen molar-refractivity contribution in [1.29, 1.82) is 0 Å². The minimum absolute atomic E-state index is 0.0759. The van der Waals surface area contributed by atoms with Crippen LogP contribution in [0.5, 0.6) is 0 Å². The second-order valence-electron chi connectivity index (χ2n) is 19.6. The van der Waals surface area contributed by atoms with Gasteiger partial charge in [0.1, 0.15) is 36.9 Å². The van der Waals surface area contributed by atoms with Gasteiger partial charge in [-0.2, -0.15) is 23.5 Å². The molecule has 396 valence electrons. The summed E-state index contributed by atoms with van der Waals surface area (Å²) in [5.41, 5.74) is 13.8. The van der Waals surface area contributed by atoms with Gasteiger partial charge in [-0.05, 0) is 144 Å². The number of benzene rings is 4. The Labute approximate surface area is 454 Å². The van der Waals surface area contributed by atoms with Crippen molar-refractivity contribution >= 4 is 47.5 Å². The smallest absolute Gasteiger partial charge is 0.408 e. The number of thioether (sulfide) groups is 2. The number of aromatic nitrogens is 4. The minimum atomic E-state index is -0.689. The molecule has 0 saturated carbocycles. The number of aryl methyl sites for hydroxylation is 4. The molecule has 2 aliphatic heterocycles. The first-order valence-corrected chi connectivity index (χ1v) is 29.2. The fourth-order valence-electron chi connectivity index (χ4n) is 10.7. The number of nitrogens with zero attached hydrogens (tertiary/aromatic N) is 4. The fraction of sp³-hybridized carbons (Fsp3) is 0.367. The van der Waals surface area contributed by atoms with Gasteiger partial charge in [-0.15, -0.1) is 0 Å². The molecule has 12 rings (SSSR count). The molecule has 4 atom stereocenters. The molecule has 6 aliphatic rings. The lowest BCUT2D eigenvalue weighted by Gasteiger charge is -2.28. The molecular formula is C60H68N8O6S2. The molecule has 2 saturated heterocycles. The van der Waals surface area contributed by atoms with Crippen LogP contribution in [-0.2, 0) is 44.7 Å². The molecule has 14 nitrogen and oxygen atoms in total. The average Bonchev–Trinajstić information content (AvgIpc) is 4.31. The number of carbonyl (C=O) groups excluding carboxylic acids is 4. The van der Waals surface area contributed by atoms with Crippen molar-refractivity contribution in [2.75, 3.05) is 50.3 Å². The van der Waals surface area contributed by atoms with Gasteiger partial charge in [-0.1, -0.05) is 110 Å². The summed E-state index contributed by atoms with van der Waals surface area (Å²) in [4.78, 5) is 73.1. The van der Waals surface area contributed by atoms with Crippen LogP contribution in [0.15, 0.2) is 123 Å². The van der Waals surface area contributed by atoms with Gasteiger partial charge in [0.05, 0.1) is 35.9 Å². The van der Waals surface area contributed by atoms with E-state index in [2.05, 4.69) is 119 Å². The van der Waals surface area contributed by atoms with Crippen LogP contribution in [0.2, 0.25) is 0 Å². The Morgan fingerprint density at radius 1 is 0.618 bits per heavy atom. The number of likely N-dealkylation sites (tertiary alicyclic amines) is 2. The highest BCUT2D eigenvalue weighted by molar-refractivity contribution is 7.98. The molecule has 0 radical (unpaired) electrons. The van der Waals surface area contributed by atoms with E-state index in [9.17, 15) is 19.2 Å². The van der Waals surface area contributed by atoms with Crippen molar-refractivity contribution in [2.24, 2.45) is 0 Å². The first kappa shape index (κ1) is 53.8. The molecule has 4 aromatic carbocycles. The number of hydrogen-bond donors (Lipinski definition) is 4. The van der Waals surface area contributed by atoms with Crippen molar-refractivity contribution in [2.45, 2.75) is 88.4 Å². The van der Waals surface area contributed by atoms with Gasteiger partial charge in [0.2, 0.25) is 11.8 Å². The van der Waals surface area contributed by atoms with E-state index in [1.165, 1.54) is 56.7 Å². The summed E-state index contributed by atoms with van der Waals surface area (Å²) in [7, 11) is 0. The quantitative estimate of drug-likeness (QED) is 0.0539. The summed E-state index contributed by atoms with van der Waals surface area (Å²) >= 11 is 3.26. The lowest BCUT2D eigenvalue weighted by atomic mass is 9.87. The van der Waals surface area contributed by atoms with Gasteiger partial charge in [-0.3, -0.25) is 9.59 Å². The van der Waals surface area contributed by atoms with Crippen molar-refractivity contribution in [3.05, 3.63) is 157 Å². The number of hydrogen-bond acceptors (Lipinski definition) is 10. The van der Waals surface area contributed by atoms with Crippen LogP contribution in [0.1, 0.15) is 84.5 Å². The van der Waals surface area contributed by atoms with E-state index in [4.69, 9.17) is 19.4 Å². The van der Waals surface area contributed by atoms with E-state index in [1.54, 1.807) is 23.5 Å². The summed E-state index contributed by atoms with van der Waals surface area (Å²) in [5.74, 6) is 2.68. The zero-order valence-corrected chi connectivity index (χ0v) is 45.1. The van der Waals surface area contributed by atoms with E-state index in [-0.39, 0.29) is 37.1 Å². The number of ether oxygens (including phenoxy) is 2. The monoisotopic (exact) mass is 1060 g/mol. The zero-order valence-electron chi connectivity index (χ0n) is 43.5. The van der Waals surface area contributed by atoms with Crippen LogP contribution in [0.4, 0.5) is 9.59 Å². The molecule has 76 heavy (non-hydrogen) atoms. The average molecular weight is 1060 g/mol. The zero-order chi connectivity index (χ0) is 53.0. The first-order valence-electron chi connectivity index (χ1n) is 26.4. The molecule has 2 fully saturated rings. The normalized spacial score (nSPS) is 16.9. The summed E-state index contributed by atoms with van der Waals surface area (Å²) in [6.07, 6.45) is 17.3. The third-order valence-electron chi connectivity index (χ3n) is 14.7. The van der Waals surface area contributed by atoms with Crippen molar-refractivity contribution in [3.8, 4) is 44.8 Å². The highest BCUT2D eigenvalue weighted by atomic mass is 32.2. The van der Waals surface area contributed by atoms with Crippen molar-refractivity contribution in [3.63, 3.8) is 0 Å². The fourth-order valence-corrected chi connectivity index (χ4v) is 11.6. The number of amides is 4. The molecule has 0 spiro atoms. The Morgan fingerprint density at radius 2 is 1.03 bits per heavy atom. The number of nitrogens with one attached hydrogen (secondary N) is 4. The van der Waals surface area contributed by atoms with Crippen LogP contribution >= 0.6 is 23.5 Å². The molecular weight excluding hydrogens is 993 g/mol. The molecule has 4 N–H and O–H groups in total. The predicted octanol–water partition coefficient (Wildman–Crippen LogP) is 11.1. The Morgan fingerprint density at radius 3 is 1.42 bits per heavy atom. The summed E-state index contributed by atoms with van der Waals surface area (Å²) in [5, 5.41) is 5.57. The van der Waals surface area contributed by atoms with Gasteiger partial charge < -0.3 is 39.9 Å². The van der Waals surface area contributed by atoms with Gasteiger partial charge in [0.15, 0.2) is 0 Å². The van der Waals surface area contributed by atoms with Crippen LogP contribution in [0.3, 0.4) is 0 Å². The highest BCUT2D eigenvalue weighted by Crippen LogP contribution is 2.37. The van der Waals surface area contributed by atoms with E-state index in [0.717, 1.165) is 97.0 Å². The number of alkyl carbamates (subject to hydrolysis) is 2. The SMILES string of the molecule is C=CCOC(=O)N[C@@H](CCSC)C(=O)N1CCC[C@H]1c1ncc(-c2ccc(-c3cc4ccc3CCc3ccc(c(-c5ccc(-c6cnc([C@@H]7CCCN7C(=O)[C@H](CCSC)NC(=O)OCC=C)[nH]6)cc5)c3)CC4)cc2)[nH]1. The maximum atomic E-state index is 13.9. The Hall–Kier alpha value is -7.04. The number of carbonyl (C=O) groups is 4. The third-order valence-corrected chi connectivity index (χ3v) is 16.0. The van der Waals surface area contributed by atoms with Crippen LogP contribution in [-0.4, -0.2) is 116 Å². The molecule has 0 unspecified atom stereocenters. The molecule has 4 amide bonds. The lowest BCUT2D eigenvalue weighted by Crippen LogP contribution is -2.49. The Kier molecular flexibility index (Phi) is 18.2. The molecule has 4 heterocycles. The minimum Gasteiger partial charge on any atom is -0.445 e. The molecule has 4 bridgehead atoms. The molecule has 16 heteroatoms. The maximum Gasteiger partial charge on any atom is 0.408 e. The Bertz CT molecular complexity index is 2810. The van der Waals surface area contributed by atoms with Gasteiger partial charge in [0.25, 0.3) is 0 Å². The van der Waals surface area contributed by atoms with Crippen LogP contribution in [0, 0.1) is 0 Å². The number of rotatable bonds is 20. The summed E-state index contributed by atoms with van der Waals surface area (Å²) in [6.45, 7) is 8.55. The second-order valence-corrected chi connectivity index (χ2v) is 21.6. The second kappa shape index (κ2) is 25.7. The molecule has 2 aromatic heterocycles. The first-order chi connectivity index (χ1) is 37.1. The predicted molar refractivity (Wildman–Crippen MR) is 304 cm³/mol. The number of H-pyrrole nitrogens is 2. The van der Waals surface area contributed by atoms with E-state index in [1.807, 2.05) is 34.7 Å². The third kappa shape index (κ3) is 12.8. The van der Waals surface area contributed by atoms with Gasteiger partial charge >= 0.3 is 12.2 Å². The Balaban J connectivity index is 0.854. The van der Waals surface area contributed by atoms with Crippen LogP contribution < -0.4 is 10.6 Å². The van der Waals surface area contributed by atoms with E-state index >= 15 is 0 Å².